The second kappa shape index (κ2) is 4.02. The molecule has 0 aliphatic rings. The van der Waals surface area contributed by atoms with Crippen molar-refractivity contribution in [3.05, 3.63) is 30.0 Å². The van der Waals surface area contributed by atoms with E-state index in [0.29, 0.717) is 16.5 Å². The van der Waals surface area contributed by atoms with E-state index in [9.17, 15) is 18.6 Å². The zero-order valence-electron chi connectivity index (χ0n) is 8.66. The molecular formula is C10H11NO5S. The van der Waals surface area contributed by atoms with Crippen LogP contribution in [-0.2, 0) is 16.5 Å². The Bertz CT molecular complexity index is 646. The molecule has 0 fully saturated rings. The lowest BCUT2D eigenvalue weighted by Crippen LogP contribution is -2.22. The van der Waals surface area contributed by atoms with Crippen LogP contribution in [0.3, 0.4) is 0 Å². The van der Waals surface area contributed by atoms with Crippen molar-refractivity contribution in [1.82, 2.24) is 4.98 Å². The highest BCUT2D eigenvalue weighted by molar-refractivity contribution is 7.86. The van der Waals surface area contributed by atoms with Gasteiger partial charge in [-0.25, -0.2) is 0 Å². The van der Waals surface area contributed by atoms with Crippen LogP contribution in [0, 0.1) is 0 Å². The molecule has 0 aliphatic heterocycles. The molecule has 1 aromatic carbocycles. The van der Waals surface area contributed by atoms with E-state index >= 15 is 0 Å². The third-order valence-corrected chi connectivity index (χ3v) is 3.34. The van der Waals surface area contributed by atoms with Crippen LogP contribution in [-0.4, -0.2) is 33.6 Å². The number of aliphatic hydroxyl groups excluding tert-OH is 1. The van der Waals surface area contributed by atoms with Crippen LogP contribution in [0.1, 0.15) is 5.56 Å². The van der Waals surface area contributed by atoms with Gasteiger partial charge in [-0.05, 0) is 23.8 Å². The molecule has 0 aliphatic carbocycles. The van der Waals surface area contributed by atoms with Gasteiger partial charge in [-0.2, -0.15) is 8.42 Å². The first-order valence-corrected chi connectivity index (χ1v) is 6.31. The fourth-order valence-corrected chi connectivity index (χ4v) is 2.02. The van der Waals surface area contributed by atoms with Crippen LogP contribution < -0.4 is 0 Å². The van der Waals surface area contributed by atoms with E-state index in [4.69, 9.17) is 4.55 Å². The smallest absolute Gasteiger partial charge is 0.292 e. The monoisotopic (exact) mass is 257 g/mol. The number of hydrogen-bond donors (Lipinski definition) is 4. The largest absolute Gasteiger partial charge is 0.508 e. The van der Waals surface area contributed by atoms with E-state index in [1.54, 1.807) is 6.07 Å². The second-order valence-corrected chi connectivity index (χ2v) is 5.29. The Hall–Kier alpha value is -1.57. The van der Waals surface area contributed by atoms with Gasteiger partial charge in [0.05, 0.1) is 0 Å². The van der Waals surface area contributed by atoms with Gasteiger partial charge in [-0.3, -0.25) is 4.55 Å². The molecule has 1 aromatic heterocycles. The highest BCUT2D eigenvalue weighted by atomic mass is 32.2. The van der Waals surface area contributed by atoms with E-state index in [0.717, 1.165) is 0 Å². The van der Waals surface area contributed by atoms with Crippen molar-refractivity contribution in [2.45, 2.75) is 11.9 Å². The molecule has 2 aromatic rings. The van der Waals surface area contributed by atoms with Gasteiger partial charge in [0, 0.05) is 23.5 Å². The number of aromatic amines is 1. The first-order valence-electron chi connectivity index (χ1n) is 4.81. The van der Waals surface area contributed by atoms with Crippen LogP contribution in [0.5, 0.6) is 5.75 Å². The lowest BCUT2D eigenvalue weighted by Gasteiger charge is -2.05. The molecule has 1 unspecified atom stereocenters. The van der Waals surface area contributed by atoms with Crippen LogP contribution in [0.25, 0.3) is 10.9 Å². The molecule has 6 nitrogen and oxygen atoms in total. The molecule has 0 bridgehead atoms. The van der Waals surface area contributed by atoms with Gasteiger partial charge in [0.15, 0.2) is 5.44 Å². The topological polar surface area (TPSA) is 111 Å². The number of phenols is 1. The predicted molar refractivity (Wildman–Crippen MR) is 61.2 cm³/mol. The molecule has 17 heavy (non-hydrogen) atoms. The van der Waals surface area contributed by atoms with Crippen molar-refractivity contribution in [3.8, 4) is 5.75 Å². The maximum atomic E-state index is 10.7. The van der Waals surface area contributed by atoms with Crippen molar-refractivity contribution < 1.29 is 23.2 Å². The van der Waals surface area contributed by atoms with Crippen LogP contribution in [0.15, 0.2) is 24.4 Å². The maximum absolute atomic E-state index is 10.7. The summed E-state index contributed by atoms with van der Waals surface area (Å²) in [5.41, 5.74) is -0.662. The van der Waals surface area contributed by atoms with Gasteiger partial charge in [0.1, 0.15) is 5.75 Å². The molecule has 0 spiro atoms. The first-order chi connectivity index (χ1) is 7.88. The van der Waals surface area contributed by atoms with Crippen molar-refractivity contribution in [2.75, 3.05) is 0 Å². The van der Waals surface area contributed by atoms with Crippen molar-refractivity contribution in [2.24, 2.45) is 0 Å². The minimum atomic E-state index is -4.48. The van der Waals surface area contributed by atoms with Gasteiger partial charge >= 0.3 is 0 Å². The Morgan fingerprint density at radius 3 is 2.71 bits per heavy atom. The average Bonchev–Trinajstić information content (AvgIpc) is 2.60. The number of aliphatic hydroxyl groups is 1. The summed E-state index contributed by atoms with van der Waals surface area (Å²) in [4.78, 5) is 2.87. The van der Waals surface area contributed by atoms with E-state index in [-0.39, 0.29) is 12.2 Å². The van der Waals surface area contributed by atoms with E-state index < -0.39 is 15.6 Å². The number of benzene rings is 1. The number of aromatic nitrogens is 1. The molecule has 0 saturated carbocycles. The summed E-state index contributed by atoms with van der Waals surface area (Å²) < 4.78 is 30.1. The van der Waals surface area contributed by atoms with Gasteiger partial charge < -0.3 is 15.2 Å². The summed E-state index contributed by atoms with van der Waals surface area (Å²) in [6, 6.07) is 4.58. The molecule has 7 heteroatoms. The fraction of sp³-hybridized carbons (Fsp3) is 0.200. The van der Waals surface area contributed by atoms with Crippen molar-refractivity contribution >= 4 is 21.0 Å². The molecule has 0 amide bonds. The zero-order chi connectivity index (χ0) is 12.6. The summed E-state index contributed by atoms with van der Waals surface area (Å²) in [5, 5.41) is 19.2. The van der Waals surface area contributed by atoms with Gasteiger partial charge in [0.2, 0.25) is 0 Å². The number of nitrogens with one attached hydrogen (secondary N) is 1. The molecule has 2 rings (SSSR count). The van der Waals surface area contributed by atoms with E-state index in [2.05, 4.69) is 4.98 Å². The molecule has 0 saturated heterocycles. The minimum Gasteiger partial charge on any atom is -0.508 e. The Kier molecular flexibility index (Phi) is 2.82. The molecule has 4 N–H and O–H groups in total. The summed E-state index contributed by atoms with van der Waals surface area (Å²) in [5.74, 6) is 0.0414. The Morgan fingerprint density at radius 1 is 1.35 bits per heavy atom. The molecule has 0 radical (unpaired) electrons. The first kappa shape index (κ1) is 11.9. The van der Waals surface area contributed by atoms with Gasteiger partial charge in [-0.15, -0.1) is 0 Å². The van der Waals surface area contributed by atoms with Crippen molar-refractivity contribution in [1.29, 1.82) is 0 Å². The number of hydrogen-bond acceptors (Lipinski definition) is 4. The summed E-state index contributed by atoms with van der Waals surface area (Å²) in [6.07, 6.45) is 1.28. The normalized spacial score (nSPS) is 14.0. The number of phenolic OH excluding ortho intramolecular Hbond substituents is 1. The van der Waals surface area contributed by atoms with Crippen molar-refractivity contribution in [3.63, 3.8) is 0 Å². The highest BCUT2D eigenvalue weighted by Gasteiger charge is 2.21. The lowest BCUT2D eigenvalue weighted by atomic mass is 10.1. The van der Waals surface area contributed by atoms with Crippen LogP contribution in [0.4, 0.5) is 0 Å². The minimum absolute atomic E-state index is 0.0414. The molecular weight excluding hydrogens is 246 g/mol. The quantitative estimate of drug-likeness (QED) is 0.602. The highest BCUT2D eigenvalue weighted by Crippen LogP contribution is 2.24. The fourth-order valence-electron chi connectivity index (χ4n) is 1.63. The SMILES string of the molecule is O=S(=O)(O)C(O)Cc1c[nH]c2ccc(O)cc12. The summed E-state index contributed by atoms with van der Waals surface area (Å²) >= 11 is 0. The molecule has 1 heterocycles. The number of fused-ring (bicyclic) bond motifs is 1. The zero-order valence-corrected chi connectivity index (χ0v) is 9.48. The summed E-state index contributed by atoms with van der Waals surface area (Å²) in [6.45, 7) is 0. The summed E-state index contributed by atoms with van der Waals surface area (Å²) in [7, 11) is -4.48. The predicted octanol–water partition coefficient (Wildman–Crippen LogP) is 0.622. The third kappa shape index (κ3) is 2.41. The van der Waals surface area contributed by atoms with Gasteiger partial charge in [0.25, 0.3) is 10.1 Å². The average molecular weight is 257 g/mol. The number of H-pyrrole nitrogens is 1. The van der Waals surface area contributed by atoms with E-state index in [1.165, 1.54) is 18.3 Å². The lowest BCUT2D eigenvalue weighted by molar-refractivity contribution is 0.234. The molecule has 92 valence electrons. The maximum Gasteiger partial charge on any atom is 0.292 e. The second-order valence-electron chi connectivity index (χ2n) is 3.72. The van der Waals surface area contributed by atoms with E-state index in [1.807, 2.05) is 0 Å². The Balaban J connectivity index is 2.40. The molecule has 1 atom stereocenters. The van der Waals surface area contributed by atoms with Crippen LogP contribution >= 0.6 is 0 Å². The Morgan fingerprint density at radius 2 is 2.06 bits per heavy atom. The number of rotatable bonds is 3. The third-order valence-electron chi connectivity index (χ3n) is 2.49. The Labute approximate surface area is 97.3 Å². The number of aromatic hydroxyl groups is 1. The van der Waals surface area contributed by atoms with Gasteiger partial charge in [-0.1, -0.05) is 0 Å². The van der Waals surface area contributed by atoms with Crippen LogP contribution in [0.2, 0.25) is 0 Å². The standard InChI is InChI=1S/C10H11NO5S/c12-7-1-2-9-8(4-7)6(5-11-9)3-10(13)17(14,15)16/h1-2,4-5,10-13H,3H2,(H,14,15,16).